The predicted octanol–water partition coefficient (Wildman–Crippen LogP) is 5.74. The molecule has 192 valence electrons. The third-order valence-electron chi connectivity index (χ3n) is 10.6. The number of para-hydroxylation sites is 2. The largest absolute Gasteiger partial charge is 0.346 e. The fourth-order valence-corrected chi connectivity index (χ4v) is 9.01. The van der Waals surface area contributed by atoms with E-state index in [0.717, 1.165) is 23.4 Å². The van der Waals surface area contributed by atoms with Crippen molar-refractivity contribution in [3.63, 3.8) is 0 Å². The number of amides is 2. The van der Waals surface area contributed by atoms with Crippen molar-refractivity contribution in [1.29, 1.82) is 0 Å². The number of hydrogen-bond donors (Lipinski definition) is 2. The van der Waals surface area contributed by atoms with Gasteiger partial charge in [0.15, 0.2) is 0 Å². The van der Waals surface area contributed by atoms with Crippen LogP contribution in [-0.2, 0) is 9.59 Å². The highest BCUT2D eigenvalue weighted by Crippen LogP contribution is 2.65. The lowest BCUT2D eigenvalue weighted by Gasteiger charge is -2.59. The van der Waals surface area contributed by atoms with Gasteiger partial charge >= 0.3 is 0 Å². The third kappa shape index (κ3) is 3.39. The number of imidazole rings is 1. The Bertz CT molecular complexity index is 1230. The first kappa shape index (κ1) is 23.7. The quantitative estimate of drug-likeness (QED) is 0.541. The number of fused-ring (bicyclic) bond motifs is 6. The molecule has 6 heteroatoms. The van der Waals surface area contributed by atoms with Crippen LogP contribution in [0.25, 0.3) is 11.0 Å². The number of hydrogen-bond acceptors (Lipinski definition) is 3. The minimum Gasteiger partial charge on any atom is -0.346 e. The Labute approximate surface area is 214 Å². The van der Waals surface area contributed by atoms with Crippen LogP contribution < -0.4 is 5.32 Å². The van der Waals surface area contributed by atoms with E-state index in [1.165, 1.54) is 43.4 Å². The number of benzene rings is 1. The summed E-state index contributed by atoms with van der Waals surface area (Å²) in [6.07, 6.45) is 8.23. The van der Waals surface area contributed by atoms with E-state index >= 15 is 0 Å². The molecule has 0 spiro atoms. The van der Waals surface area contributed by atoms with Gasteiger partial charge in [0.2, 0.25) is 11.8 Å². The van der Waals surface area contributed by atoms with E-state index in [0.29, 0.717) is 29.5 Å². The predicted molar refractivity (Wildman–Crippen MR) is 141 cm³/mol. The molecule has 3 fully saturated rings. The Morgan fingerprint density at radius 1 is 1.19 bits per heavy atom. The van der Waals surface area contributed by atoms with Crippen molar-refractivity contribution in [2.24, 2.45) is 34.5 Å². The van der Waals surface area contributed by atoms with Crippen LogP contribution in [-0.4, -0.2) is 33.7 Å². The molecule has 1 aliphatic heterocycles. The fraction of sp³-hybridized carbons (Fsp3) is 0.633. The number of piperidine rings is 1. The number of likely N-dealkylation sites (tertiary alicyclic amines) is 1. The van der Waals surface area contributed by atoms with E-state index in [1.807, 2.05) is 43.1 Å². The van der Waals surface area contributed by atoms with Gasteiger partial charge in [-0.1, -0.05) is 38.0 Å². The van der Waals surface area contributed by atoms with Gasteiger partial charge in [-0.2, -0.15) is 0 Å². The summed E-state index contributed by atoms with van der Waals surface area (Å²) in [6, 6.07) is 7.56. The van der Waals surface area contributed by atoms with Crippen LogP contribution in [0.15, 0.2) is 35.5 Å². The average Bonchev–Trinajstić information content (AvgIpc) is 3.45. The van der Waals surface area contributed by atoms with Crippen LogP contribution in [0, 0.1) is 34.5 Å². The lowest BCUT2D eigenvalue weighted by molar-refractivity contribution is -0.149. The number of allylic oxidation sites excluding steroid dienone is 2. The van der Waals surface area contributed by atoms with Gasteiger partial charge in [-0.25, -0.2) is 4.98 Å². The Balaban J connectivity index is 1.28. The van der Waals surface area contributed by atoms with Crippen LogP contribution >= 0.6 is 0 Å². The number of nitrogens with one attached hydrogen (secondary N) is 2. The first-order chi connectivity index (χ1) is 17.1. The van der Waals surface area contributed by atoms with Gasteiger partial charge in [0, 0.05) is 18.2 Å². The SMILES string of the molecule is CC1=C2N(C)C(=O)C(C(=O)NC(C)c3nc4ccccc4[nH]3)C[C@]2(C)[C@@H]2CC[C@]3(C)CCC[C@H]3[C@@H]2C1. The molecule has 0 bridgehead atoms. The van der Waals surface area contributed by atoms with Gasteiger partial charge in [0.05, 0.1) is 17.1 Å². The van der Waals surface area contributed by atoms with E-state index in [-0.39, 0.29) is 23.3 Å². The molecule has 6 rings (SSSR count). The molecule has 36 heavy (non-hydrogen) atoms. The molecule has 2 aromatic rings. The minimum absolute atomic E-state index is 0.0731. The normalized spacial score (nSPS) is 36.9. The zero-order valence-electron chi connectivity index (χ0n) is 22.4. The summed E-state index contributed by atoms with van der Waals surface area (Å²) in [5.74, 6) is 1.77. The Kier molecular flexibility index (Phi) is 5.40. The maximum Gasteiger partial charge on any atom is 0.239 e. The van der Waals surface area contributed by atoms with Gasteiger partial charge < -0.3 is 15.2 Å². The van der Waals surface area contributed by atoms with Gasteiger partial charge in [0.25, 0.3) is 0 Å². The first-order valence-electron chi connectivity index (χ1n) is 13.9. The number of carbonyl (C=O) groups is 2. The monoisotopic (exact) mass is 488 g/mol. The van der Waals surface area contributed by atoms with Crippen molar-refractivity contribution in [1.82, 2.24) is 20.2 Å². The molecule has 2 saturated carbocycles. The van der Waals surface area contributed by atoms with Crippen LogP contribution in [0.3, 0.4) is 0 Å². The molecule has 4 aliphatic rings. The van der Waals surface area contributed by atoms with E-state index in [9.17, 15) is 9.59 Å². The van der Waals surface area contributed by atoms with Crippen molar-refractivity contribution in [3.05, 3.63) is 41.4 Å². The maximum atomic E-state index is 13.6. The van der Waals surface area contributed by atoms with Gasteiger partial charge in [-0.15, -0.1) is 0 Å². The lowest BCUT2D eigenvalue weighted by Crippen LogP contribution is -2.58. The van der Waals surface area contributed by atoms with Crippen LogP contribution in [0.2, 0.25) is 0 Å². The van der Waals surface area contributed by atoms with Crippen molar-refractivity contribution in [2.45, 2.75) is 78.7 Å². The van der Waals surface area contributed by atoms with E-state index in [2.05, 4.69) is 36.1 Å². The fourth-order valence-electron chi connectivity index (χ4n) is 9.01. The van der Waals surface area contributed by atoms with E-state index in [1.54, 1.807) is 0 Å². The first-order valence-corrected chi connectivity index (χ1v) is 13.9. The van der Waals surface area contributed by atoms with Crippen LogP contribution in [0.5, 0.6) is 0 Å². The zero-order valence-corrected chi connectivity index (χ0v) is 22.4. The molecule has 1 aromatic carbocycles. The number of rotatable bonds is 3. The van der Waals surface area contributed by atoms with Crippen LogP contribution in [0.4, 0.5) is 0 Å². The maximum absolute atomic E-state index is 13.6. The second-order valence-corrected chi connectivity index (χ2v) is 12.7. The lowest BCUT2D eigenvalue weighted by atomic mass is 9.48. The molecule has 1 aromatic heterocycles. The molecule has 0 radical (unpaired) electrons. The molecule has 2 N–H and O–H groups in total. The topological polar surface area (TPSA) is 78.1 Å². The summed E-state index contributed by atoms with van der Waals surface area (Å²) < 4.78 is 0. The summed E-state index contributed by atoms with van der Waals surface area (Å²) in [4.78, 5) is 37.0. The van der Waals surface area contributed by atoms with Crippen molar-refractivity contribution in [3.8, 4) is 0 Å². The summed E-state index contributed by atoms with van der Waals surface area (Å²) in [6.45, 7) is 9.04. The average molecular weight is 489 g/mol. The van der Waals surface area contributed by atoms with E-state index in [4.69, 9.17) is 0 Å². The second kappa shape index (κ2) is 8.19. The smallest absolute Gasteiger partial charge is 0.239 e. The highest BCUT2D eigenvalue weighted by molar-refractivity contribution is 6.02. The van der Waals surface area contributed by atoms with Gasteiger partial charge in [-0.3, -0.25) is 9.59 Å². The van der Waals surface area contributed by atoms with Crippen LogP contribution in [0.1, 0.15) is 84.5 Å². The van der Waals surface area contributed by atoms with Gasteiger partial charge in [-0.05, 0) is 87.7 Å². The highest BCUT2D eigenvalue weighted by Gasteiger charge is 2.60. The zero-order chi connectivity index (χ0) is 25.4. The Hall–Kier alpha value is -2.63. The summed E-state index contributed by atoms with van der Waals surface area (Å²) in [5, 5.41) is 3.12. The molecule has 2 heterocycles. The number of aromatic amines is 1. The van der Waals surface area contributed by atoms with Crippen molar-refractivity contribution < 1.29 is 9.59 Å². The van der Waals surface area contributed by atoms with E-state index < -0.39 is 5.92 Å². The summed E-state index contributed by atoms with van der Waals surface area (Å²) >= 11 is 0. The second-order valence-electron chi connectivity index (χ2n) is 12.7. The Morgan fingerprint density at radius 3 is 2.75 bits per heavy atom. The van der Waals surface area contributed by atoms with Crippen molar-refractivity contribution >= 4 is 22.8 Å². The molecule has 7 atom stereocenters. The molecular formula is C30H40N4O2. The number of H-pyrrole nitrogens is 1. The highest BCUT2D eigenvalue weighted by atomic mass is 16.2. The standard InChI is InChI=1S/C30H40N4O2/c1-17-15-19-21-9-8-13-29(21,3)14-12-22(19)30(4)16-20(28(36)34(5)25(17)30)27(35)31-18(2)26-32-23-10-6-7-11-24(23)33-26/h6-7,10-11,18-22H,8-9,12-16H2,1-5H3,(H,31,35)(H,32,33)/t18?,19-,20?,21-,22+,29-,30+/m0/s1. The Morgan fingerprint density at radius 2 is 1.97 bits per heavy atom. The molecular weight excluding hydrogens is 448 g/mol. The molecule has 2 amide bonds. The third-order valence-corrected chi connectivity index (χ3v) is 10.6. The molecule has 6 nitrogen and oxygen atoms in total. The summed E-state index contributed by atoms with van der Waals surface area (Å²) in [5.41, 5.74) is 4.72. The van der Waals surface area contributed by atoms with Crippen molar-refractivity contribution in [2.75, 3.05) is 7.05 Å². The molecule has 3 aliphatic carbocycles. The number of aromatic nitrogens is 2. The molecule has 2 unspecified atom stereocenters. The number of carbonyl (C=O) groups excluding carboxylic acids is 2. The molecule has 1 saturated heterocycles. The summed E-state index contributed by atoms with van der Waals surface area (Å²) in [7, 11) is 1.89. The minimum atomic E-state index is -0.668. The van der Waals surface area contributed by atoms with Gasteiger partial charge in [0.1, 0.15) is 11.7 Å². The number of nitrogens with zero attached hydrogens (tertiary/aromatic N) is 2.